The van der Waals surface area contributed by atoms with E-state index in [-0.39, 0.29) is 18.8 Å². The summed E-state index contributed by atoms with van der Waals surface area (Å²) in [4.78, 5) is 27.8. The van der Waals surface area contributed by atoms with Gasteiger partial charge in [0.05, 0.1) is 13.0 Å². The van der Waals surface area contributed by atoms with Crippen molar-refractivity contribution in [2.75, 3.05) is 39.6 Å². The summed E-state index contributed by atoms with van der Waals surface area (Å²) < 4.78 is 15.7. The molecule has 0 unspecified atom stereocenters. The minimum atomic E-state index is -0.303. The van der Waals surface area contributed by atoms with Gasteiger partial charge in [-0.25, -0.2) is 4.79 Å². The van der Waals surface area contributed by atoms with Gasteiger partial charge in [0.25, 0.3) is 0 Å². The second kappa shape index (κ2) is 7.42. The second-order valence-electron chi connectivity index (χ2n) is 5.78. The summed E-state index contributed by atoms with van der Waals surface area (Å²) in [5.41, 5.74) is 0.899. The van der Waals surface area contributed by atoms with Crippen LogP contribution in [0.1, 0.15) is 18.9 Å². The summed E-state index contributed by atoms with van der Waals surface area (Å²) in [5, 5.41) is 0. The largest absolute Gasteiger partial charge is 0.454 e. The zero-order chi connectivity index (χ0) is 16.9. The fraction of sp³-hybridized carbons (Fsp3) is 0.529. The van der Waals surface area contributed by atoms with Crippen LogP contribution in [0.2, 0.25) is 0 Å². The van der Waals surface area contributed by atoms with E-state index in [0.29, 0.717) is 50.7 Å². The van der Waals surface area contributed by atoms with E-state index in [2.05, 4.69) is 0 Å². The lowest BCUT2D eigenvalue weighted by Crippen LogP contribution is -2.38. The molecular formula is C17H22N2O5. The van der Waals surface area contributed by atoms with Gasteiger partial charge in [-0.15, -0.1) is 0 Å². The van der Waals surface area contributed by atoms with Gasteiger partial charge < -0.3 is 24.0 Å². The molecule has 0 N–H and O–H groups in total. The molecule has 7 heteroatoms. The first-order chi connectivity index (χ1) is 11.7. The van der Waals surface area contributed by atoms with E-state index in [1.54, 1.807) is 11.8 Å². The molecule has 2 amide bonds. The Morgan fingerprint density at radius 3 is 2.67 bits per heavy atom. The number of nitrogens with zero attached hydrogens (tertiary/aromatic N) is 2. The maximum absolute atomic E-state index is 12.5. The molecule has 0 aliphatic carbocycles. The van der Waals surface area contributed by atoms with Crippen LogP contribution in [0, 0.1) is 0 Å². The highest BCUT2D eigenvalue weighted by Crippen LogP contribution is 2.32. The molecule has 2 aliphatic rings. The van der Waals surface area contributed by atoms with Crippen LogP contribution in [0.15, 0.2) is 18.2 Å². The summed E-state index contributed by atoms with van der Waals surface area (Å²) in [7, 11) is 0. The normalized spacial score (nSPS) is 16.7. The fourth-order valence-corrected chi connectivity index (χ4v) is 2.90. The first-order valence-corrected chi connectivity index (χ1v) is 8.25. The molecule has 3 rings (SSSR count). The number of carbonyl (C=O) groups excluding carboxylic acids is 2. The minimum absolute atomic E-state index is 0.0552. The third-order valence-corrected chi connectivity index (χ3v) is 4.17. The average Bonchev–Trinajstić information content (AvgIpc) is 2.89. The Morgan fingerprint density at radius 2 is 1.83 bits per heavy atom. The van der Waals surface area contributed by atoms with Crippen LogP contribution in [0.4, 0.5) is 4.79 Å². The fourth-order valence-electron chi connectivity index (χ4n) is 2.90. The van der Waals surface area contributed by atoms with Gasteiger partial charge in [0.2, 0.25) is 12.7 Å². The highest BCUT2D eigenvalue weighted by molar-refractivity contribution is 5.79. The summed E-state index contributed by atoms with van der Waals surface area (Å²) >= 11 is 0. The van der Waals surface area contributed by atoms with Crippen molar-refractivity contribution < 1.29 is 23.8 Å². The van der Waals surface area contributed by atoms with Crippen LogP contribution >= 0.6 is 0 Å². The van der Waals surface area contributed by atoms with E-state index >= 15 is 0 Å². The van der Waals surface area contributed by atoms with Crippen molar-refractivity contribution in [3.8, 4) is 11.5 Å². The van der Waals surface area contributed by atoms with Gasteiger partial charge in [0.1, 0.15) is 0 Å². The molecule has 7 nitrogen and oxygen atoms in total. The predicted molar refractivity (Wildman–Crippen MR) is 86.1 cm³/mol. The van der Waals surface area contributed by atoms with Crippen molar-refractivity contribution in [2.45, 2.75) is 19.8 Å². The highest BCUT2D eigenvalue weighted by Gasteiger charge is 2.23. The van der Waals surface area contributed by atoms with Crippen molar-refractivity contribution in [1.29, 1.82) is 0 Å². The molecule has 1 fully saturated rings. The van der Waals surface area contributed by atoms with E-state index in [1.165, 1.54) is 0 Å². The Labute approximate surface area is 141 Å². The standard InChI is InChI=1S/C17H22N2O5/c1-2-22-17(21)19-7-3-6-18(8-9-19)16(20)11-13-4-5-14-15(10-13)24-12-23-14/h4-5,10H,2-3,6-9,11-12H2,1H3. The molecule has 2 heterocycles. The number of rotatable bonds is 3. The predicted octanol–water partition coefficient (Wildman–Crippen LogP) is 1.65. The Morgan fingerprint density at radius 1 is 1.08 bits per heavy atom. The lowest BCUT2D eigenvalue weighted by molar-refractivity contribution is -0.130. The molecule has 0 atom stereocenters. The van der Waals surface area contributed by atoms with Crippen molar-refractivity contribution in [3.05, 3.63) is 23.8 Å². The van der Waals surface area contributed by atoms with Gasteiger partial charge in [-0.1, -0.05) is 6.07 Å². The summed E-state index contributed by atoms with van der Waals surface area (Å²) in [6, 6.07) is 5.56. The maximum atomic E-state index is 12.5. The van der Waals surface area contributed by atoms with Crippen molar-refractivity contribution in [3.63, 3.8) is 0 Å². The molecule has 0 spiro atoms. The van der Waals surface area contributed by atoms with Gasteiger partial charge >= 0.3 is 6.09 Å². The Hall–Kier alpha value is -2.44. The van der Waals surface area contributed by atoms with E-state index in [0.717, 1.165) is 12.0 Å². The lowest BCUT2D eigenvalue weighted by Gasteiger charge is -2.21. The van der Waals surface area contributed by atoms with Crippen molar-refractivity contribution >= 4 is 12.0 Å². The van der Waals surface area contributed by atoms with E-state index in [1.807, 2.05) is 23.1 Å². The van der Waals surface area contributed by atoms with E-state index in [9.17, 15) is 9.59 Å². The van der Waals surface area contributed by atoms with Crippen LogP contribution < -0.4 is 9.47 Å². The molecule has 24 heavy (non-hydrogen) atoms. The third kappa shape index (κ3) is 3.72. The smallest absolute Gasteiger partial charge is 0.409 e. The van der Waals surface area contributed by atoms with Crippen LogP contribution in [-0.4, -0.2) is 61.4 Å². The number of amides is 2. The first kappa shape index (κ1) is 16.4. The maximum Gasteiger partial charge on any atom is 0.409 e. The Kier molecular flexibility index (Phi) is 5.08. The number of hydrogen-bond acceptors (Lipinski definition) is 5. The van der Waals surface area contributed by atoms with Gasteiger partial charge in [-0.3, -0.25) is 4.79 Å². The molecule has 1 saturated heterocycles. The van der Waals surface area contributed by atoms with E-state index < -0.39 is 0 Å². The molecule has 0 aromatic heterocycles. The number of hydrogen-bond donors (Lipinski definition) is 0. The van der Waals surface area contributed by atoms with Crippen LogP contribution in [-0.2, 0) is 16.0 Å². The zero-order valence-corrected chi connectivity index (χ0v) is 13.8. The molecule has 2 aliphatic heterocycles. The van der Waals surface area contributed by atoms with Crippen LogP contribution in [0.3, 0.4) is 0 Å². The SMILES string of the molecule is CCOC(=O)N1CCCN(C(=O)Cc2ccc3c(c2)OCO3)CC1. The topological polar surface area (TPSA) is 68.3 Å². The quantitative estimate of drug-likeness (QED) is 0.841. The van der Waals surface area contributed by atoms with Gasteiger partial charge in [-0.2, -0.15) is 0 Å². The number of fused-ring (bicyclic) bond motifs is 1. The van der Waals surface area contributed by atoms with Crippen LogP contribution in [0.25, 0.3) is 0 Å². The molecule has 1 aromatic rings. The number of ether oxygens (including phenoxy) is 3. The van der Waals surface area contributed by atoms with Gasteiger partial charge in [-0.05, 0) is 31.0 Å². The second-order valence-corrected chi connectivity index (χ2v) is 5.78. The zero-order valence-electron chi connectivity index (χ0n) is 13.8. The summed E-state index contributed by atoms with van der Waals surface area (Å²) in [5.74, 6) is 1.45. The molecule has 0 radical (unpaired) electrons. The van der Waals surface area contributed by atoms with Crippen LogP contribution in [0.5, 0.6) is 11.5 Å². The first-order valence-electron chi connectivity index (χ1n) is 8.25. The Bertz CT molecular complexity index is 619. The van der Waals surface area contributed by atoms with Crippen molar-refractivity contribution in [2.24, 2.45) is 0 Å². The molecule has 130 valence electrons. The summed E-state index contributed by atoms with van der Waals surface area (Å²) in [6.45, 7) is 4.68. The van der Waals surface area contributed by atoms with Crippen molar-refractivity contribution in [1.82, 2.24) is 9.80 Å². The number of benzene rings is 1. The molecule has 1 aromatic carbocycles. The third-order valence-electron chi connectivity index (χ3n) is 4.17. The highest BCUT2D eigenvalue weighted by atomic mass is 16.7. The Balaban J connectivity index is 1.56. The van der Waals surface area contributed by atoms with Gasteiger partial charge in [0.15, 0.2) is 11.5 Å². The molecule has 0 bridgehead atoms. The minimum Gasteiger partial charge on any atom is -0.454 e. The average molecular weight is 334 g/mol. The molecular weight excluding hydrogens is 312 g/mol. The number of carbonyl (C=O) groups is 2. The molecule has 0 saturated carbocycles. The van der Waals surface area contributed by atoms with Gasteiger partial charge in [0, 0.05) is 26.2 Å². The summed E-state index contributed by atoms with van der Waals surface area (Å²) in [6.07, 6.45) is 0.768. The van der Waals surface area contributed by atoms with E-state index in [4.69, 9.17) is 14.2 Å². The monoisotopic (exact) mass is 334 g/mol. The lowest BCUT2D eigenvalue weighted by atomic mass is 10.1.